The van der Waals surface area contributed by atoms with Crippen molar-refractivity contribution in [2.45, 2.75) is 12.5 Å². The molecular weight excluding hydrogens is 272 g/mol. The summed E-state index contributed by atoms with van der Waals surface area (Å²) >= 11 is 5.79. The molecule has 1 aromatic carbocycles. The van der Waals surface area contributed by atoms with Gasteiger partial charge in [0.25, 0.3) is 11.6 Å². The number of nitro benzene ring substituents is 1. The van der Waals surface area contributed by atoms with Gasteiger partial charge in [-0.1, -0.05) is 11.6 Å². The first-order chi connectivity index (χ1) is 9.02. The van der Waals surface area contributed by atoms with Crippen LogP contribution in [0, 0.1) is 10.1 Å². The van der Waals surface area contributed by atoms with E-state index in [2.05, 4.69) is 0 Å². The van der Waals surface area contributed by atoms with Crippen molar-refractivity contribution in [1.82, 2.24) is 4.90 Å². The number of methoxy groups -OCH3 is 1. The Morgan fingerprint density at radius 1 is 1.58 bits per heavy atom. The molecule has 0 bridgehead atoms. The molecule has 0 saturated carbocycles. The lowest BCUT2D eigenvalue weighted by Gasteiger charge is -2.16. The lowest BCUT2D eigenvalue weighted by molar-refractivity contribution is -0.384. The van der Waals surface area contributed by atoms with Gasteiger partial charge in [0, 0.05) is 31.8 Å². The van der Waals surface area contributed by atoms with Crippen molar-refractivity contribution in [3.05, 3.63) is 38.9 Å². The van der Waals surface area contributed by atoms with Crippen LogP contribution in [-0.2, 0) is 4.74 Å². The minimum atomic E-state index is -0.576. The molecule has 1 saturated heterocycles. The van der Waals surface area contributed by atoms with Gasteiger partial charge in [-0.05, 0) is 18.6 Å². The first kappa shape index (κ1) is 13.8. The van der Waals surface area contributed by atoms with E-state index in [1.165, 1.54) is 18.2 Å². The van der Waals surface area contributed by atoms with Gasteiger partial charge in [-0.25, -0.2) is 0 Å². The number of rotatable bonds is 3. The maximum absolute atomic E-state index is 12.2. The van der Waals surface area contributed by atoms with E-state index in [1.807, 2.05) is 0 Å². The molecule has 1 unspecified atom stereocenters. The fraction of sp³-hybridized carbons (Fsp3) is 0.417. The highest BCUT2D eigenvalue weighted by atomic mass is 35.5. The van der Waals surface area contributed by atoms with Gasteiger partial charge in [0.2, 0.25) is 0 Å². The predicted molar refractivity (Wildman–Crippen MR) is 69.4 cm³/mol. The Kier molecular flexibility index (Phi) is 4.01. The summed E-state index contributed by atoms with van der Waals surface area (Å²) in [4.78, 5) is 23.9. The monoisotopic (exact) mass is 284 g/mol. The number of hydrogen-bond acceptors (Lipinski definition) is 4. The van der Waals surface area contributed by atoms with Gasteiger partial charge >= 0.3 is 0 Å². The zero-order valence-electron chi connectivity index (χ0n) is 10.3. The molecule has 102 valence electrons. The van der Waals surface area contributed by atoms with Crippen LogP contribution < -0.4 is 0 Å². The van der Waals surface area contributed by atoms with Crippen LogP contribution in [0.15, 0.2) is 18.2 Å². The minimum absolute atomic E-state index is 0.0293. The van der Waals surface area contributed by atoms with Gasteiger partial charge in [0.15, 0.2) is 0 Å². The number of benzene rings is 1. The molecule has 0 radical (unpaired) electrons. The number of hydrogen-bond donors (Lipinski definition) is 0. The van der Waals surface area contributed by atoms with E-state index in [0.717, 1.165) is 6.42 Å². The lowest BCUT2D eigenvalue weighted by atomic mass is 10.2. The summed E-state index contributed by atoms with van der Waals surface area (Å²) in [6.07, 6.45) is 0.848. The summed E-state index contributed by atoms with van der Waals surface area (Å²) in [6, 6.07) is 4.01. The largest absolute Gasteiger partial charge is 0.380 e. The van der Waals surface area contributed by atoms with Gasteiger partial charge in [0.05, 0.1) is 11.0 Å². The number of carbonyl (C=O) groups excluding carboxylic acids is 1. The van der Waals surface area contributed by atoms with Crippen LogP contribution in [0.4, 0.5) is 5.69 Å². The van der Waals surface area contributed by atoms with E-state index in [1.54, 1.807) is 12.0 Å². The Morgan fingerprint density at radius 2 is 2.32 bits per heavy atom. The summed E-state index contributed by atoms with van der Waals surface area (Å²) in [5.74, 6) is -0.184. The maximum atomic E-state index is 12.2. The fourth-order valence-corrected chi connectivity index (χ4v) is 2.33. The Bertz CT molecular complexity index is 520. The maximum Gasteiger partial charge on any atom is 0.287 e. The zero-order chi connectivity index (χ0) is 14.0. The highest BCUT2D eigenvalue weighted by molar-refractivity contribution is 6.33. The van der Waals surface area contributed by atoms with Crippen LogP contribution in [0.5, 0.6) is 0 Å². The quantitative estimate of drug-likeness (QED) is 0.629. The summed E-state index contributed by atoms with van der Waals surface area (Å²) < 4.78 is 5.19. The first-order valence-corrected chi connectivity index (χ1v) is 6.16. The van der Waals surface area contributed by atoms with Crippen molar-refractivity contribution in [2.24, 2.45) is 0 Å². The summed E-state index contributed by atoms with van der Waals surface area (Å²) in [5.41, 5.74) is 0.154. The van der Waals surface area contributed by atoms with Crippen LogP contribution in [0.1, 0.15) is 16.8 Å². The third-order valence-electron chi connectivity index (χ3n) is 3.16. The SMILES string of the molecule is COC1CCN(C(=O)c2ccc([N+](=O)[O-])c(Cl)c2)C1. The first-order valence-electron chi connectivity index (χ1n) is 5.79. The average molecular weight is 285 g/mol. The molecule has 0 spiro atoms. The molecule has 19 heavy (non-hydrogen) atoms. The number of nitro groups is 1. The highest BCUT2D eigenvalue weighted by Gasteiger charge is 2.27. The van der Waals surface area contributed by atoms with Crippen LogP contribution in [0.2, 0.25) is 5.02 Å². The van der Waals surface area contributed by atoms with Gasteiger partial charge in [-0.2, -0.15) is 0 Å². The molecule has 0 aromatic heterocycles. The summed E-state index contributed by atoms with van der Waals surface area (Å²) in [5, 5.41) is 10.6. The topological polar surface area (TPSA) is 72.7 Å². The van der Waals surface area contributed by atoms with Gasteiger partial charge in [0.1, 0.15) is 5.02 Å². The van der Waals surface area contributed by atoms with E-state index < -0.39 is 4.92 Å². The molecule has 1 heterocycles. The third-order valence-corrected chi connectivity index (χ3v) is 3.46. The van der Waals surface area contributed by atoms with Gasteiger partial charge in [-0.15, -0.1) is 0 Å². The fourth-order valence-electron chi connectivity index (χ4n) is 2.08. The number of ether oxygens (including phenoxy) is 1. The smallest absolute Gasteiger partial charge is 0.287 e. The molecule has 6 nitrogen and oxygen atoms in total. The van der Waals surface area contributed by atoms with Crippen molar-refractivity contribution in [3.8, 4) is 0 Å². The Morgan fingerprint density at radius 3 is 2.84 bits per heavy atom. The number of likely N-dealkylation sites (tertiary alicyclic amines) is 1. The molecule has 1 aliphatic rings. The van der Waals surface area contributed by atoms with E-state index in [9.17, 15) is 14.9 Å². The van der Waals surface area contributed by atoms with E-state index in [-0.39, 0.29) is 22.7 Å². The van der Waals surface area contributed by atoms with E-state index >= 15 is 0 Å². The van der Waals surface area contributed by atoms with E-state index in [4.69, 9.17) is 16.3 Å². The molecule has 1 atom stereocenters. The van der Waals surface area contributed by atoms with Crippen molar-refractivity contribution >= 4 is 23.2 Å². The Balaban J connectivity index is 2.16. The summed E-state index contributed by atoms with van der Waals surface area (Å²) in [7, 11) is 1.61. The average Bonchev–Trinajstić information content (AvgIpc) is 2.86. The molecule has 2 rings (SSSR count). The van der Waals surface area contributed by atoms with Crippen molar-refractivity contribution in [3.63, 3.8) is 0 Å². The second kappa shape index (κ2) is 5.54. The number of halogens is 1. The molecule has 1 aliphatic heterocycles. The lowest BCUT2D eigenvalue weighted by Crippen LogP contribution is -2.29. The summed E-state index contributed by atoms with van der Waals surface area (Å²) in [6.45, 7) is 1.15. The van der Waals surface area contributed by atoms with Crippen LogP contribution in [0.3, 0.4) is 0 Å². The zero-order valence-corrected chi connectivity index (χ0v) is 11.1. The second-order valence-corrected chi connectivity index (χ2v) is 4.73. The normalized spacial score (nSPS) is 18.6. The Labute approximate surface area is 115 Å². The van der Waals surface area contributed by atoms with Crippen molar-refractivity contribution in [2.75, 3.05) is 20.2 Å². The Hall–Kier alpha value is -1.66. The molecule has 1 amide bonds. The second-order valence-electron chi connectivity index (χ2n) is 4.32. The molecule has 7 heteroatoms. The molecule has 1 aromatic rings. The van der Waals surface area contributed by atoms with E-state index in [0.29, 0.717) is 18.7 Å². The number of carbonyl (C=O) groups is 1. The molecular formula is C12H13ClN2O4. The molecule has 1 fully saturated rings. The van der Waals surface area contributed by atoms with Crippen molar-refractivity contribution < 1.29 is 14.5 Å². The van der Waals surface area contributed by atoms with Crippen LogP contribution >= 0.6 is 11.6 Å². The standard InChI is InChI=1S/C12H13ClN2O4/c1-19-9-4-5-14(7-9)12(16)8-2-3-11(15(17)18)10(13)6-8/h2-3,6,9H,4-5,7H2,1H3. The number of nitrogens with zero attached hydrogens (tertiary/aromatic N) is 2. The third kappa shape index (κ3) is 2.85. The minimum Gasteiger partial charge on any atom is -0.380 e. The molecule has 0 N–H and O–H groups in total. The van der Waals surface area contributed by atoms with Gasteiger partial charge < -0.3 is 9.64 Å². The predicted octanol–water partition coefficient (Wildman–Crippen LogP) is 2.11. The van der Waals surface area contributed by atoms with Crippen LogP contribution in [0.25, 0.3) is 0 Å². The highest BCUT2D eigenvalue weighted by Crippen LogP contribution is 2.26. The van der Waals surface area contributed by atoms with Gasteiger partial charge in [-0.3, -0.25) is 14.9 Å². The number of amides is 1. The molecule has 0 aliphatic carbocycles. The van der Waals surface area contributed by atoms with Crippen LogP contribution in [-0.4, -0.2) is 42.0 Å². The van der Waals surface area contributed by atoms with Crippen molar-refractivity contribution in [1.29, 1.82) is 0 Å².